The molecule has 1 aliphatic heterocycles. The van der Waals surface area contributed by atoms with Crippen LogP contribution in [0.15, 0.2) is 23.3 Å². The van der Waals surface area contributed by atoms with E-state index >= 15 is 0 Å². The van der Waals surface area contributed by atoms with Gasteiger partial charge in [-0.05, 0) is 38.7 Å². The van der Waals surface area contributed by atoms with Crippen molar-refractivity contribution in [1.29, 1.82) is 0 Å². The molecule has 1 aromatic carbocycles. The zero-order chi connectivity index (χ0) is 18.8. The fraction of sp³-hybridized carbons (Fsp3) is 0.389. The topological polar surface area (TPSA) is 102 Å². The molecular weight excluding hydrogens is 341 g/mol. The van der Waals surface area contributed by atoms with Gasteiger partial charge in [-0.2, -0.15) is 0 Å². The number of ether oxygens (including phenoxy) is 1. The van der Waals surface area contributed by atoms with E-state index in [1.165, 1.54) is 11.0 Å². The Balaban J connectivity index is 1.93. The van der Waals surface area contributed by atoms with Gasteiger partial charge in [0, 0.05) is 23.8 Å². The smallest absolute Gasteiger partial charge is 0.265 e. The Kier molecular flexibility index (Phi) is 4.92. The molecule has 0 aromatic heterocycles. The molecule has 0 unspecified atom stereocenters. The molecule has 3 amide bonds. The number of amides is 3. The largest absolute Gasteiger partial charge is 0.481 e. The standard InChI is InChI=1S/C18H20FN3O4/c1-2-22-14-8-13(12(19)7-15(14)26-9-16(22)23)21-18(25)11-6-4-3-5-10(11)17(20)24/h7-8H,2-6,9H2,1H3,(H2,20,24)(H,21,25). The van der Waals surface area contributed by atoms with Crippen LogP contribution in [0.3, 0.4) is 0 Å². The van der Waals surface area contributed by atoms with Crippen LogP contribution in [0.25, 0.3) is 0 Å². The summed E-state index contributed by atoms with van der Waals surface area (Å²) in [4.78, 5) is 37.5. The highest BCUT2D eigenvalue weighted by Gasteiger charge is 2.28. The molecule has 7 nitrogen and oxygen atoms in total. The minimum Gasteiger partial charge on any atom is -0.481 e. The van der Waals surface area contributed by atoms with Crippen LogP contribution in [0, 0.1) is 5.82 Å². The molecule has 8 heteroatoms. The van der Waals surface area contributed by atoms with Crippen molar-refractivity contribution in [2.45, 2.75) is 32.6 Å². The number of benzene rings is 1. The molecule has 1 heterocycles. The van der Waals surface area contributed by atoms with Gasteiger partial charge in [0.15, 0.2) is 12.4 Å². The van der Waals surface area contributed by atoms with Crippen molar-refractivity contribution in [3.8, 4) is 5.75 Å². The Morgan fingerprint density at radius 2 is 1.96 bits per heavy atom. The van der Waals surface area contributed by atoms with Crippen LogP contribution in [0.5, 0.6) is 5.75 Å². The Labute approximate surface area is 150 Å². The maximum absolute atomic E-state index is 14.4. The van der Waals surface area contributed by atoms with E-state index in [1.54, 1.807) is 6.92 Å². The molecule has 0 fully saturated rings. The summed E-state index contributed by atoms with van der Waals surface area (Å²) in [7, 11) is 0. The summed E-state index contributed by atoms with van der Waals surface area (Å²) in [6.07, 6.45) is 2.40. The monoisotopic (exact) mass is 361 g/mol. The van der Waals surface area contributed by atoms with E-state index in [1.807, 2.05) is 0 Å². The van der Waals surface area contributed by atoms with Gasteiger partial charge in [-0.25, -0.2) is 4.39 Å². The molecule has 0 atom stereocenters. The van der Waals surface area contributed by atoms with Crippen LogP contribution in [0.1, 0.15) is 32.6 Å². The zero-order valence-electron chi connectivity index (χ0n) is 14.4. The highest BCUT2D eigenvalue weighted by atomic mass is 19.1. The van der Waals surface area contributed by atoms with Crippen LogP contribution in [-0.4, -0.2) is 30.9 Å². The van der Waals surface area contributed by atoms with E-state index in [0.717, 1.165) is 18.9 Å². The molecule has 3 N–H and O–H groups in total. The second-order valence-corrected chi connectivity index (χ2v) is 6.21. The third-order valence-electron chi connectivity index (χ3n) is 4.60. The molecule has 0 bridgehead atoms. The van der Waals surface area contributed by atoms with Crippen LogP contribution < -0.4 is 20.7 Å². The average Bonchev–Trinajstić information content (AvgIpc) is 2.62. The lowest BCUT2D eigenvalue weighted by Gasteiger charge is -2.29. The number of hydrogen-bond donors (Lipinski definition) is 2. The average molecular weight is 361 g/mol. The van der Waals surface area contributed by atoms with Gasteiger partial charge in [0.1, 0.15) is 5.75 Å². The third-order valence-corrected chi connectivity index (χ3v) is 4.60. The van der Waals surface area contributed by atoms with E-state index in [2.05, 4.69) is 5.32 Å². The van der Waals surface area contributed by atoms with Gasteiger partial charge in [0.2, 0.25) is 5.91 Å². The van der Waals surface area contributed by atoms with E-state index < -0.39 is 17.6 Å². The molecule has 0 saturated heterocycles. The van der Waals surface area contributed by atoms with Gasteiger partial charge in [-0.3, -0.25) is 14.4 Å². The van der Waals surface area contributed by atoms with Crippen LogP contribution >= 0.6 is 0 Å². The number of nitrogens with zero attached hydrogens (tertiary/aromatic N) is 1. The molecule has 3 rings (SSSR count). The van der Waals surface area contributed by atoms with Gasteiger partial charge in [-0.15, -0.1) is 0 Å². The first-order valence-electron chi connectivity index (χ1n) is 8.52. The van der Waals surface area contributed by atoms with Crippen molar-refractivity contribution in [2.75, 3.05) is 23.4 Å². The lowest BCUT2D eigenvalue weighted by molar-refractivity contribution is -0.121. The normalized spacial score (nSPS) is 16.8. The van der Waals surface area contributed by atoms with E-state index in [-0.39, 0.29) is 24.0 Å². The predicted molar refractivity (Wildman–Crippen MR) is 93.2 cm³/mol. The summed E-state index contributed by atoms with van der Waals surface area (Å²) in [5.74, 6) is -1.86. The number of nitrogens with two attached hydrogens (primary N) is 1. The van der Waals surface area contributed by atoms with Crippen molar-refractivity contribution in [3.05, 3.63) is 29.1 Å². The van der Waals surface area contributed by atoms with Crippen molar-refractivity contribution in [1.82, 2.24) is 0 Å². The first kappa shape index (κ1) is 17.9. The molecule has 26 heavy (non-hydrogen) atoms. The number of halogens is 1. The third kappa shape index (κ3) is 3.26. The first-order valence-corrected chi connectivity index (χ1v) is 8.52. The summed E-state index contributed by atoms with van der Waals surface area (Å²) < 4.78 is 19.6. The highest BCUT2D eigenvalue weighted by molar-refractivity contribution is 6.10. The second kappa shape index (κ2) is 7.15. The van der Waals surface area contributed by atoms with Crippen molar-refractivity contribution in [2.24, 2.45) is 5.73 Å². The molecule has 0 saturated carbocycles. The Morgan fingerprint density at radius 1 is 1.27 bits per heavy atom. The SMILES string of the molecule is CCN1C(=O)COc2cc(F)c(NC(=O)C3=C(C(N)=O)CCCC3)cc21. The number of rotatable bonds is 4. The number of anilines is 2. The summed E-state index contributed by atoms with van der Waals surface area (Å²) in [5, 5.41) is 2.50. The molecular formula is C18H20FN3O4. The maximum atomic E-state index is 14.4. The van der Waals surface area contributed by atoms with Crippen LogP contribution in [0.4, 0.5) is 15.8 Å². The van der Waals surface area contributed by atoms with Gasteiger partial charge < -0.3 is 20.7 Å². The maximum Gasteiger partial charge on any atom is 0.265 e. The first-order chi connectivity index (χ1) is 12.4. The fourth-order valence-corrected chi connectivity index (χ4v) is 3.29. The van der Waals surface area contributed by atoms with Crippen molar-refractivity contribution < 1.29 is 23.5 Å². The summed E-state index contributed by atoms with van der Waals surface area (Å²) in [6, 6.07) is 2.51. The lowest BCUT2D eigenvalue weighted by atomic mass is 9.90. The fourth-order valence-electron chi connectivity index (χ4n) is 3.29. The Hall–Kier alpha value is -2.90. The van der Waals surface area contributed by atoms with Crippen LogP contribution in [-0.2, 0) is 14.4 Å². The van der Waals surface area contributed by atoms with E-state index in [0.29, 0.717) is 36.2 Å². The van der Waals surface area contributed by atoms with Crippen LogP contribution in [0.2, 0.25) is 0 Å². The van der Waals surface area contributed by atoms with Gasteiger partial charge in [0.05, 0.1) is 11.4 Å². The molecule has 1 aromatic rings. The number of likely N-dealkylation sites (N-methyl/N-ethyl adjacent to an activating group) is 1. The number of primary amides is 1. The predicted octanol–water partition coefficient (Wildman–Crippen LogP) is 1.87. The number of hydrogen-bond acceptors (Lipinski definition) is 4. The minimum atomic E-state index is -0.681. The van der Waals surface area contributed by atoms with Gasteiger partial charge in [0.25, 0.3) is 11.8 Å². The lowest BCUT2D eigenvalue weighted by Crippen LogP contribution is -2.38. The molecule has 0 spiro atoms. The summed E-state index contributed by atoms with van der Waals surface area (Å²) in [5.41, 5.74) is 6.25. The minimum absolute atomic E-state index is 0.0765. The highest BCUT2D eigenvalue weighted by Crippen LogP contribution is 2.36. The number of carbonyl (C=O) groups excluding carboxylic acids is 3. The summed E-state index contributed by atoms with van der Waals surface area (Å²) in [6.45, 7) is 2.03. The molecule has 138 valence electrons. The molecule has 2 aliphatic rings. The van der Waals surface area contributed by atoms with Gasteiger partial charge >= 0.3 is 0 Å². The number of nitrogens with one attached hydrogen (secondary N) is 1. The summed E-state index contributed by atoms with van der Waals surface area (Å²) >= 11 is 0. The van der Waals surface area contributed by atoms with E-state index in [4.69, 9.17) is 10.5 Å². The quantitative estimate of drug-likeness (QED) is 0.855. The van der Waals surface area contributed by atoms with E-state index in [9.17, 15) is 18.8 Å². The second-order valence-electron chi connectivity index (χ2n) is 6.21. The molecule has 1 aliphatic carbocycles. The van der Waals surface area contributed by atoms with Gasteiger partial charge in [-0.1, -0.05) is 0 Å². The molecule has 0 radical (unpaired) electrons. The van der Waals surface area contributed by atoms with Crippen molar-refractivity contribution >= 4 is 29.1 Å². The Bertz CT molecular complexity index is 819. The Morgan fingerprint density at radius 3 is 2.62 bits per heavy atom. The number of fused-ring (bicyclic) bond motifs is 1. The zero-order valence-corrected chi connectivity index (χ0v) is 14.4. The number of carbonyl (C=O) groups is 3. The van der Waals surface area contributed by atoms with Crippen molar-refractivity contribution in [3.63, 3.8) is 0 Å².